The predicted octanol–water partition coefficient (Wildman–Crippen LogP) is 9.21. The van der Waals surface area contributed by atoms with Crippen LogP contribution in [0.25, 0.3) is 16.7 Å². The first-order valence-corrected chi connectivity index (χ1v) is 21.2. The molecule has 5 aliphatic heterocycles. The Labute approximate surface area is 357 Å². The third kappa shape index (κ3) is 8.32. The van der Waals surface area contributed by atoms with Crippen molar-refractivity contribution < 1.29 is 13.9 Å². The standard InChI is InChI=1S/C52H49N8O/c1-5-6-7-8-9-10-48(61)53-39-13-11-35(12-14-39)49-40-15-17-42(54-40)50(36-23-29-58(2)30-24-36)44-19-21-46(56-44)52(38-27-33-60(4)34-28-38)47-22-20-45(57-47)51(43-18-16-41(49)55-43)37-25-31-59(3)32-26-37/h11-34H,5-10H2,1-4H3,(H-,53,54,55,56,57,61)/q+1/p+1. The lowest BCUT2D eigenvalue weighted by Gasteiger charge is -2.16. The van der Waals surface area contributed by atoms with Gasteiger partial charge in [0.25, 0.3) is 0 Å². The lowest BCUT2D eigenvalue weighted by molar-refractivity contribution is -0.671. The van der Waals surface area contributed by atoms with Crippen molar-refractivity contribution in [2.24, 2.45) is 29.1 Å². The van der Waals surface area contributed by atoms with Crippen LogP contribution in [0.1, 0.15) is 73.5 Å². The van der Waals surface area contributed by atoms with Gasteiger partial charge in [0.05, 0.1) is 34.2 Å². The molecule has 0 unspecified atom stereocenters. The van der Waals surface area contributed by atoms with E-state index in [1.54, 1.807) is 0 Å². The summed E-state index contributed by atoms with van der Waals surface area (Å²) >= 11 is 0. The van der Waals surface area contributed by atoms with Gasteiger partial charge in [-0.1, -0.05) is 44.7 Å². The third-order valence-corrected chi connectivity index (χ3v) is 11.4. The Morgan fingerprint density at radius 2 is 1.05 bits per heavy atom. The minimum atomic E-state index is 0.0456. The summed E-state index contributed by atoms with van der Waals surface area (Å²) in [5, 5.41) is 3.12. The molecular formula is C52H50N8O+2. The molecule has 0 fully saturated rings. The molecule has 3 aromatic heterocycles. The molecule has 0 atom stereocenters. The number of carbonyl (C=O) groups excluding carboxylic acids is 1. The molecule has 5 aliphatic rings. The van der Waals surface area contributed by atoms with Crippen LogP contribution in [-0.2, 0) is 18.9 Å². The molecule has 9 rings (SSSR count). The largest absolute Gasteiger partial charge is 0.357 e. The van der Waals surface area contributed by atoms with E-state index in [2.05, 4.69) is 152 Å². The molecule has 0 saturated carbocycles. The van der Waals surface area contributed by atoms with Crippen molar-refractivity contribution in [3.05, 3.63) is 203 Å². The van der Waals surface area contributed by atoms with Crippen LogP contribution >= 0.6 is 0 Å². The summed E-state index contributed by atoms with van der Waals surface area (Å²) in [7, 11) is 6.06. The molecule has 9 heteroatoms. The Bertz CT molecular complexity index is 2770. The molecule has 4 aromatic rings. The van der Waals surface area contributed by atoms with Gasteiger partial charge in [-0.15, -0.1) is 0 Å². The maximum absolute atomic E-state index is 12.9. The van der Waals surface area contributed by atoms with Crippen LogP contribution < -0.4 is 14.5 Å². The average molecular weight is 803 g/mol. The van der Waals surface area contributed by atoms with Crippen molar-refractivity contribution in [1.82, 2.24) is 9.88 Å². The topological polar surface area (TPSA) is 93.0 Å². The van der Waals surface area contributed by atoms with Gasteiger partial charge in [-0.2, -0.15) is 0 Å². The Morgan fingerprint density at radius 1 is 0.574 bits per heavy atom. The van der Waals surface area contributed by atoms with E-state index in [-0.39, 0.29) is 5.91 Å². The van der Waals surface area contributed by atoms with Crippen molar-refractivity contribution >= 4 is 45.4 Å². The Kier molecular flexibility index (Phi) is 11.0. The van der Waals surface area contributed by atoms with E-state index in [0.29, 0.717) is 6.42 Å². The number of carbonyl (C=O) groups is 1. The summed E-state index contributed by atoms with van der Waals surface area (Å²) in [6.07, 6.45) is 35.3. The molecule has 8 bridgehead atoms. The van der Waals surface area contributed by atoms with Crippen LogP contribution in [0.4, 0.5) is 5.69 Å². The average Bonchev–Trinajstić information content (AvgIpc) is 4.12. The number of aromatic nitrogens is 3. The fourth-order valence-corrected chi connectivity index (χ4v) is 8.18. The van der Waals surface area contributed by atoms with Gasteiger partial charge in [0.15, 0.2) is 24.8 Å². The molecule has 8 heterocycles. The second kappa shape index (κ2) is 17.1. The highest BCUT2D eigenvalue weighted by molar-refractivity contribution is 6.36. The number of H-pyrrole nitrogens is 1. The van der Waals surface area contributed by atoms with Gasteiger partial charge in [-0.25, -0.2) is 24.1 Å². The second-order valence-corrected chi connectivity index (χ2v) is 16.0. The van der Waals surface area contributed by atoms with E-state index in [1.807, 2.05) is 47.3 Å². The summed E-state index contributed by atoms with van der Waals surface area (Å²) in [6, 6.07) is 20.9. The molecule has 1 aromatic carbocycles. The highest BCUT2D eigenvalue weighted by Gasteiger charge is 2.27. The Balaban J connectivity index is 1.22. The number of benzene rings is 1. The van der Waals surface area contributed by atoms with Crippen molar-refractivity contribution in [3.63, 3.8) is 0 Å². The van der Waals surface area contributed by atoms with Gasteiger partial charge < -0.3 is 15.2 Å². The van der Waals surface area contributed by atoms with Crippen LogP contribution in [0.15, 0.2) is 190 Å². The molecule has 61 heavy (non-hydrogen) atoms. The Hall–Kier alpha value is -7.26. The maximum Gasteiger partial charge on any atom is 0.224 e. The number of hydrogen-bond acceptors (Lipinski definition) is 5. The van der Waals surface area contributed by atoms with E-state index in [0.717, 1.165) is 109 Å². The molecule has 1 amide bonds. The fourth-order valence-electron chi connectivity index (χ4n) is 8.18. The number of aryl methyl sites for hydroxylation is 2. The number of amides is 1. The number of aromatic amines is 1. The Morgan fingerprint density at radius 3 is 1.59 bits per heavy atom. The van der Waals surface area contributed by atoms with Crippen molar-refractivity contribution in [2.45, 2.75) is 45.4 Å². The van der Waals surface area contributed by atoms with Crippen LogP contribution in [0.2, 0.25) is 0 Å². The van der Waals surface area contributed by atoms with Gasteiger partial charge >= 0.3 is 0 Å². The minimum Gasteiger partial charge on any atom is -0.357 e. The van der Waals surface area contributed by atoms with E-state index in [9.17, 15) is 4.79 Å². The number of rotatable bonds is 10. The normalized spacial score (nSPS) is 16.7. The zero-order chi connectivity index (χ0) is 41.9. The monoisotopic (exact) mass is 802 g/mol. The summed E-state index contributed by atoms with van der Waals surface area (Å²) in [6.45, 7) is 2.20. The SMILES string of the molecule is CCCCCCCC(=O)Nc1ccc(C2=C3C=CC(=N3)C(c3cc[n+](C)cc3)=C3C=CC(=N3)C(=C3C=CN(C)C=C3)C3=NC(=C(c4cc[n+](C)cc4)c4ccc2[nH]4)C=C3)cc1. The quantitative estimate of drug-likeness (QED) is 0.124. The number of nitrogens with one attached hydrogen (secondary N) is 2. The number of fused-ring (bicyclic) bond motifs is 5. The van der Waals surface area contributed by atoms with Crippen LogP contribution in [-0.4, -0.2) is 40.0 Å². The van der Waals surface area contributed by atoms with Gasteiger partial charge in [-0.05, 0) is 102 Å². The number of aliphatic imine (C=N–C) groups is 3. The van der Waals surface area contributed by atoms with Gasteiger partial charge in [0.1, 0.15) is 14.1 Å². The van der Waals surface area contributed by atoms with Crippen molar-refractivity contribution in [3.8, 4) is 0 Å². The highest BCUT2D eigenvalue weighted by atomic mass is 16.1. The summed E-state index contributed by atoms with van der Waals surface area (Å²) in [5.74, 6) is 0.0456. The van der Waals surface area contributed by atoms with E-state index in [1.165, 1.54) is 19.3 Å². The molecule has 9 nitrogen and oxygen atoms in total. The molecule has 0 aliphatic carbocycles. The van der Waals surface area contributed by atoms with E-state index in [4.69, 9.17) is 15.0 Å². The lowest BCUT2D eigenvalue weighted by atomic mass is 9.97. The molecular weight excluding hydrogens is 753 g/mol. The molecule has 0 radical (unpaired) electrons. The van der Waals surface area contributed by atoms with E-state index < -0.39 is 0 Å². The number of hydrogen-bond donors (Lipinski definition) is 2. The summed E-state index contributed by atoms with van der Waals surface area (Å²) < 4.78 is 4.07. The summed E-state index contributed by atoms with van der Waals surface area (Å²) in [5.41, 5.74) is 15.4. The van der Waals surface area contributed by atoms with Gasteiger partial charge in [0.2, 0.25) is 5.91 Å². The number of allylic oxidation sites excluding steroid dienone is 11. The minimum absolute atomic E-state index is 0.0456. The summed E-state index contributed by atoms with van der Waals surface area (Å²) in [4.78, 5) is 34.9. The number of anilines is 1. The third-order valence-electron chi connectivity index (χ3n) is 11.4. The first-order chi connectivity index (χ1) is 29.8. The van der Waals surface area contributed by atoms with Crippen LogP contribution in [0.5, 0.6) is 0 Å². The lowest BCUT2D eigenvalue weighted by Crippen LogP contribution is -2.26. The molecule has 0 spiro atoms. The smallest absolute Gasteiger partial charge is 0.224 e. The number of nitrogens with zero attached hydrogens (tertiary/aromatic N) is 6. The molecule has 2 N–H and O–H groups in total. The van der Waals surface area contributed by atoms with Crippen LogP contribution in [0, 0.1) is 0 Å². The molecule has 0 saturated heterocycles. The first-order valence-electron chi connectivity index (χ1n) is 21.2. The number of unbranched alkanes of at least 4 members (excludes halogenated alkanes) is 4. The van der Waals surface area contributed by atoms with Crippen molar-refractivity contribution in [1.29, 1.82) is 0 Å². The zero-order valence-corrected chi connectivity index (χ0v) is 35.2. The number of pyridine rings is 2. The van der Waals surface area contributed by atoms with Crippen LogP contribution in [0.3, 0.4) is 0 Å². The van der Waals surface area contributed by atoms with Gasteiger partial charge in [0, 0.05) is 89.5 Å². The predicted molar refractivity (Wildman–Crippen MR) is 246 cm³/mol. The molecule has 302 valence electrons. The highest BCUT2D eigenvalue weighted by Crippen LogP contribution is 2.38. The fraction of sp³-hybridized carbons (Fsp3) is 0.192. The first kappa shape index (κ1) is 39.2. The maximum atomic E-state index is 12.9. The van der Waals surface area contributed by atoms with Crippen molar-refractivity contribution in [2.75, 3.05) is 12.4 Å². The van der Waals surface area contributed by atoms with Gasteiger partial charge in [-0.3, -0.25) is 4.79 Å². The zero-order valence-electron chi connectivity index (χ0n) is 35.2. The van der Waals surface area contributed by atoms with E-state index >= 15 is 0 Å². The second-order valence-electron chi connectivity index (χ2n) is 16.0.